The Morgan fingerprint density at radius 2 is 2.06 bits per heavy atom. The van der Waals surface area contributed by atoms with Gasteiger partial charge in [-0.15, -0.1) is 0 Å². The van der Waals surface area contributed by atoms with E-state index in [0.717, 1.165) is 17.0 Å². The van der Waals surface area contributed by atoms with Crippen LogP contribution in [0.1, 0.15) is 50.7 Å². The Hall–Kier alpha value is -1.38. The predicted octanol–water partition coefficient (Wildman–Crippen LogP) is 4.03. The SMILES string of the molecule is CCCCC(CC)Cc1ccc2n[nH]nc2c1C. The molecule has 1 heterocycles. The number of aryl methyl sites for hydroxylation is 1. The number of fused-ring (bicyclic) bond motifs is 1. The maximum absolute atomic E-state index is 4.24. The lowest BCUT2D eigenvalue weighted by Crippen LogP contribution is -2.05. The molecule has 0 radical (unpaired) electrons. The maximum atomic E-state index is 4.24. The first-order valence-electron chi connectivity index (χ1n) is 7.05. The number of H-pyrrole nitrogens is 1. The van der Waals surface area contributed by atoms with Gasteiger partial charge in [-0.3, -0.25) is 0 Å². The van der Waals surface area contributed by atoms with Crippen LogP contribution in [0.25, 0.3) is 11.0 Å². The molecule has 0 amide bonds. The van der Waals surface area contributed by atoms with Gasteiger partial charge in [-0.1, -0.05) is 45.6 Å². The topological polar surface area (TPSA) is 41.6 Å². The van der Waals surface area contributed by atoms with Gasteiger partial charge in [0.2, 0.25) is 0 Å². The van der Waals surface area contributed by atoms with Crippen LogP contribution in [0.4, 0.5) is 0 Å². The molecular weight excluding hydrogens is 222 g/mol. The lowest BCUT2D eigenvalue weighted by Gasteiger charge is -2.16. The Balaban J connectivity index is 2.17. The summed E-state index contributed by atoms with van der Waals surface area (Å²) in [6, 6.07) is 4.29. The van der Waals surface area contributed by atoms with E-state index in [0.29, 0.717) is 0 Å². The first-order chi connectivity index (χ1) is 8.76. The Labute approximate surface area is 109 Å². The maximum Gasteiger partial charge on any atom is 0.116 e. The molecule has 1 aromatic carbocycles. The van der Waals surface area contributed by atoms with Crippen LogP contribution >= 0.6 is 0 Å². The highest BCUT2D eigenvalue weighted by molar-refractivity contribution is 5.78. The summed E-state index contributed by atoms with van der Waals surface area (Å²) in [7, 11) is 0. The Kier molecular flexibility index (Phi) is 4.34. The Morgan fingerprint density at radius 1 is 1.22 bits per heavy atom. The van der Waals surface area contributed by atoms with Crippen molar-refractivity contribution in [1.82, 2.24) is 15.4 Å². The third-order valence-electron chi connectivity index (χ3n) is 3.91. The molecule has 0 spiro atoms. The van der Waals surface area contributed by atoms with E-state index < -0.39 is 0 Å². The van der Waals surface area contributed by atoms with Crippen LogP contribution in [0, 0.1) is 12.8 Å². The zero-order chi connectivity index (χ0) is 13.0. The van der Waals surface area contributed by atoms with Crippen LogP contribution in [0.5, 0.6) is 0 Å². The predicted molar refractivity (Wildman–Crippen MR) is 75.6 cm³/mol. The quantitative estimate of drug-likeness (QED) is 0.835. The third-order valence-corrected chi connectivity index (χ3v) is 3.91. The molecule has 0 aliphatic heterocycles. The molecule has 3 heteroatoms. The van der Waals surface area contributed by atoms with Crippen LogP contribution in [0.15, 0.2) is 12.1 Å². The van der Waals surface area contributed by atoms with Crippen LogP contribution in [0.3, 0.4) is 0 Å². The lowest BCUT2D eigenvalue weighted by atomic mass is 9.90. The van der Waals surface area contributed by atoms with Gasteiger partial charge in [0.25, 0.3) is 0 Å². The number of hydrogen-bond acceptors (Lipinski definition) is 2. The number of aromatic nitrogens is 3. The summed E-state index contributed by atoms with van der Waals surface area (Å²) in [5, 5.41) is 11.1. The van der Waals surface area contributed by atoms with Crippen molar-refractivity contribution >= 4 is 11.0 Å². The molecule has 1 atom stereocenters. The first-order valence-corrected chi connectivity index (χ1v) is 7.05. The zero-order valence-corrected chi connectivity index (χ0v) is 11.7. The molecule has 0 saturated carbocycles. The second-order valence-corrected chi connectivity index (χ2v) is 5.16. The highest BCUT2D eigenvalue weighted by Crippen LogP contribution is 2.24. The van der Waals surface area contributed by atoms with E-state index in [1.165, 1.54) is 43.2 Å². The standard InChI is InChI=1S/C15H23N3/c1-4-6-7-12(5-2)10-13-8-9-14-15(11(13)3)17-18-16-14/h8-9,12H,4-7,10H2,1-3H3,(H,16,17,18). The average molecular weight is 245 g/mol. The van der Waals surface area contributed by atoms with Gasteiger partial charge < -0.3 is 0 Å². The zero-order valence-electron chi connectivity index (χ0n) is 11.7. The number of benzene rings is 1. The number of nitrogens with zero attached hydrogens (tertiary/aromatic N) is 2. The average Bonchev–Trinajstić information content (AvgIpc) is 2.86. The summed E-state index contributed by atoms with van der Waals surface area (Å²) in [6.45, 7) is 6.72. The number of rotatable bonds is 6. The molecule has 1 N–H and O–H groups in total. The van der Waals surface area contributed by atoms with Crippen molar-refractivity contribution in [2.45, 2.75) is 52.9 Å². The van der Waals surface area contributed by atoms with E-state index in [-0.39, 0.29) is 0 Å². The molecule has 1 aromatic heterocycles. The van der Waals surface area contributed by atoms with Crippen molar-refractivity contribution in [2.75, 3.05) is 0 Å². The van der Waals surface area contributed by atoms with Crippen LogP contribution in [-0.4, -0.2) is 15.4 Å². The highest BCUT2D eigenvalue weighted by atomic mass is 15.3. The van der Waals surface area contributed by atoms with Crippen molar-refractivity contribution in [3.8, 4) is 0 Å². The molecular formula is C15H23N3. The first kappa shape index (κ1) is 13.1. The van der Waals surface area contributed by atoms with Gasteiger partial charge in [0.1, 0.15) is 11.0 Å². The summed E-state index contributed by atoms with van der Waals surface area (Å²) in [5.41, 5.74) is 4.71. The molecule has 98 valence electrons. The minimum atomic E-state index is 0.799. The largest absolute Gasteiger partial charge is 0.197 e. The van der Waals surface area contributed by atoms with E-state index in [1.807, 2.05) is 0 Å². The van der Waals surface area contributed by atoms with Crippen LogP contribution in [0.2, 0.25) is 0 Å². The molecule has 0 bridgehead atoms. The fourth-order valence-corrected chi connectivity index (χ4v) is 2.56. The van der Waals surface area contributed by atoms with Gasteiger partial charge >= 0.3 is 0 Å². The molecule has 2 aromatic rings. The van der Waals surface area contributed by atoms with Gasteiger partial charge in [-0.2, -0.15) is 15.4 Å². The molecule has 3 nitrogen and oxygen atoms in total. The summed E-state index contributed by atoms with van der Waals surface area (Å²) in [4.78, 5) is 0. The molecule has 0 saturated heterocycles. The minimum absolute atomic E-state index is 0.799. The van der Waals surface area contributed by atoms with Crippen LogP contribution < -0.4 is 0 Å². The summed E-state index contributed by atoms with van der Waals surface area (Å²) in [6.07, 6.45) is 6.40. The molecule has 0 aliphatic carbocycles. The van der Waals surface area contributed by atoms with Crippen molar-refractivity contribution in [1.29, 1.82) is 0 Å². The second kappa shape index (κ2) is 5.98. The van der Waals surface area contributed by atoms with Crippen molar-refractivity contribution in [2.24, 2.45) is 5.92 Å². The van der Waals surface area contributed by atoms with Gasteiger partial charge in [-0.05, 0) is 36.5 Å². The van der Waals surface area contributed by atoms with E-state index in [1.54, 1.807) is 0 Å². The summed E-state index contributed by atoms with van der Waals surface area (Å²) >= 11 is 0. The minimum Gasteiger partial charge on any atom is -0.197 e. The normalized spacial score (nSPS) is 13.1. The van der Waals surface area contributed by atoms with Crippen LogP contribution in [-0.2, 0) is 6.42 Å². The fraction of sp³-hybridized carbons (Fsp3) is 0.600. The van der Waals surface area contributed by atoms with Gasteiger partial charge in [-0.25, -0.2) is 0 Å². The second-order valence-electron chi connectivity index (χ2n) is 5.16. The molecule has 0 fully saturated rings. The third kappa shape index (κ3) is 2.71. The Morgan fingerprint density at radius 3 is 2.78 bits per heavy atom. The summed E-state index contributed by atoms with van der Waals surface area (Å²) < 4.78 is 0. The van der Waals surface area contributed by atoms with E-state index in [9.17, 15) is 0 Å². The number of unbranched alkanes of at least 4 members (excludes halogenated alkanes) is 1. The van der Waals surface area contributed by atoms with Crippen molar-refractivity contribution in [3.05, 3.63) is 23.3 Å². The highest BCUT2D eigenvalue weighted by Gasteiger charge is 2.12. The Bertz CT molecular complexity index is 501. The molecule has 0 aliphatic rings. The van der Waals surface area contributed by atoms with E-state index in [2.05, 4.69) is 48.3 Å². The molecule has 2 rings (SSSR count). The van der Waals surface area contributed by atoms with Crippen molar-refractivity contribution < 1.29 is 0 Å². The van der Waals surface area contributed by atoms with Gasteiger partial charge in [0, 0.05) is 0 Å². The molecule has 1 unspecified atom stereocenters. The van der Waals surface area contributed by atoms with Crippen molar-refractivity contribution in [3.63, 3.8) is 0 Å². The smallest absolute Gasteiger partial charge is 0.116 e. The van der Waals surface area contributed by atoms with Gasteiger partial charge in [0.05, 0.1) is 0 Å². The van der Waals surface area contributed by atoms with E-state index >= 15 is 0 Å². The number of aromatic amines is 1. The van der Waals surface area contributed by atoms with Gasteiger partial charge in [0.15, 0.2) is 0 Å². The fourth-order valence-electron chi connectivity index (χ4n) is 2.56. The number of nitrogens with one attached hydrogen (secondary N) is 1. The lowest BCUT2D eigenvalue weighted by molar-refractivity contribution is 0.448. The van der Waals surface area contributed by atoms with E-state index in [4.69, 9.17) is 0 Å². The molecule has 18 heavy (non-hydrogen) atoms. The monoisotopic (exact) mass is 245 g/mol. The number of hydrogen-bond donors (Lipinski definition) is 1. The summed E-state index contributed by atoms with van der Waals surface area (Å²) in [5.74, 6) is 0.799.